The summed E-state index contributed by atoms with van der Waals surface area (Å²) in [6, 6.07) is 3.63. The van der Waals surface area contributed by atoms with Crippen molar-refractivity contribution in [2.24, 2.45) is 16.8 Å². The third-order valence-corrected chi connectivity index (χ3v) is 3.27. The number of nitrogens with zero attached hydrogens (tertiary/aromatic N) is 1. The van der Waals surface area contributed by atoms with Gasteiger partial charge in [0.2, 0.25) is 0 Å². The van der Waals surface area contributed by atoms with Crippen molar-refractivity contribution in [3.05, 3.63) is 29.6 Å². The van der Waals surface area contributed by atoms with Crippen molar-refractivity contribution >= 4 is 17.4 Å². The lowest BCUT2D eigenvalue weighted by molar-refractivity contribution is -0.126. The summed E-state index contributed by atoms with van der Waals surface area (Å²) in [5.41, 5.74) is 5.86. The van der Waals surface area contributed by atoms with Gasteiger partial charge in [0.25, 0.3) is 5.91 Å². The fourth-order valence-electron chi connectivity index (χ4n) is 2.13. The number of carbonyl (C=O) groups is 1. The van der Waals surface area contributed by atoms with Crippen LogP contribution < -0.4 is 11.1 Å². The molecule has 0 aliphatic carbocycles. The Morgan fingerprint density at radius 1 is 1.60 bits per heavy atom. The zero-order valence-corrected chi connectivity index (χ0v) is 11.0. The molecule has 0 bridgehead atoms. The molecule has 0 spiro atoms. The highest BCUT2D eigenvalue weighted by molar-refractivity contribution is 6.06. The Hall–Kier alpha value is -2.15. The number of oxime groups is 1. The standard InChI is InChI=1S/C13H16FN3O3/c1-7-4-5-20-11(7)13(18)16-10-3-2-8(14)6-9(10)12(15)17-19/h2-3,6-7,11,19H,4-5H2,1H3,(H2,15,17)(H,16,18). The van der Waals surface area contributed by atoms with Gasteiger partial charge in [-0.2, -0.15) is 0 Å². The van der Waals surface area contributed by atoms with Crippen LogP contribution in [0, 0.1) is 11.7 Å². The first-order valence-electron chi connectivity index (χ1n) is 6.23. The molecule has 7 heteroatoms. The zero-order chi connectivity index (χ0) is 14.7. The van der Waals surface area contributed by atoms with Crippen molar-refractivity contribution in [1.82, 2.24) is 0 Å². The van der Waals surface area contributed by atoms with Gasteiger partial charge in [-0.25, -0.2) is 4.39 Å². The van der Waals surface area contributed by atoms with Crippen molar-refractivity contribution in [2.75, 3.05) is 11.9 Å². The van der Waals surface area contributed by atoms with E-state index in [1.807, 2.05) is 6.92 Å². The van der Waals surface area contributed by atoms with Crippen LogP contribution in [-0.4, -0.2) is 29.7 Å². The summed E-state index contributed by atoms with van der Waals surface area (Å²) in [4.78, 5) is 12.1. The van der Waals surface area contributed by atoms with E-state index in [9.17, 15) is 9.18 Å². The average molecular weight is 281 g/mol. The van der Waals surface area contributed by atoms with Crippen molar-refractivity contribution in [3.8, 4) is 0 Å². The molecule has 1 heterocycles. The van der Waals surface area contributed by atoms with Crippen LogP contribution in [0.2, 0.25) is 0 Å². The first-order chi connectivity index (χ1) is 9.52. The molecule has 0 aromatic heterocycles. The van der Waals surface area contributed by atoms with E-state index < -0.39 is 11.9 Å². The lowest BCUT2D eigenvalue weighted by Crippen LogP contribution is -2.32. The molecule has 1 aliphatic heterocycles. The molecule has 6 nitrogen and oxygen atoms in total. The van der Waals surface area contributed by atoms with E-state index in [1.165, 1.54) is 12.1 Å². The van der Waals surface area contributed by atoms with E-state index in [0.717, 1.165) is 12.5 Å². The van der Waals surface area contributed by atoms with E-state index in [4.69, 9.17) is 15.7 Å². The number of nitrogens with one attached hydrogen (secondary N) is 1. The molecule has 1 amide bonds. The number of hydrogen-bond acceptors (Lipinski definition) is 4. The summed E-state index contributed by atoms with van der Waals surface area (Å²) in [7, 11) is 0. The molecule has 1 saturated heterocycles. The molecule has 4 N–H and O–H groups in total. The maximum Gasteiger partial charge on any atom is 0.253 e. The summed E-state index contributed by atoms with van der Waals surface area (Å²) in [5, 5.41) is 14.1. The van der Waals surface area contributed by atoms with E-state index in [1.54, 1.807) is 0 Å². The first kappa shape index (κ1) is 14.3. The lowest BCUT2D eigenvalue weighted by atomic mass is 10.0. The molecule has 2 rings (SSSR count). The van der Waals surface area contributed by atoms with Gasteiger partial charge >= 0.3 is 0 Å². The van der Waals surface area contributed by atoms with Gasteiger partial charge in [-0.1, -0.05) is 12.1 Å². The van der Waals surface area contributed by atoms with Crippen molar-refractivity contribution in [3.63, 3.8) is 0 Å². The molecular formula is C13H16FN3O3. The number of carbonyl (C=O) groups excluding carboxylic acids is 1. The Kier molecular flexibility index (Phi) is 4.19. The predicted molar refractivity (Wildman–Crippen MR) is 71.1 cm³/mol. The smallest absolute Gasteiger partial charge is 0.253 e. The van der Waals surface area contributed by atoms with Gasteiger partial charge in [-0.15, -0.1) is 0 Å². The largest absolute Gasteiger partial charge is 0.409 e. The Balaban J connectivity index is 2.23. The number of amidine groups is 1. The van der Waals surface area contributed by atoms with Gasteiger partial charge < -0.3 is 21.0 Å². The van der Waals surface area contributed by atoms with Crippen LogP contribution in [0.1, 0.15) is 18.9 Å². The monoisotopic (exact) mass is 281 g/mol. The van der Waals surface area contributed by atoms with Gasteiger partial charge in [0.15, 0.2) is 5.84 Å². The fourth-order valence-corrected chi connectivity index (χ4v) is 2.13. The minimum absolute atomic E-state index is 0.114. The van der Waals surface area contributed by atoms with Gasteiger partial charge in [-0.05, 0) is 30.5 Å². The van der Waals surface area contributed by atoms with E-state index in [-0.39, 0.29) is 28.9 Å². The second kappa shape index (κ2) is 5.87. The number of halogens is 1. The molecule has 1 fully saturated rings. The highest BCUT2D eigenvalue weighted by atomic mass is 19.1. The normalized spacial score (nSPS) is 22.8. The van der Waals surface area contributed by atoms with Crippen molar-refractivity contribution in [2.45, 2.75) is 19.4 Å². The topological polar surface area (TPSA) is 96.9 Å². The summed E-state index contributed by atoms with van der Waals surface area (Å²) in [5.74, 6) is -1.04. The van der Waals surface area contributed by atoms with E-state index in [2.05, 4.69) is 10.5 Å². The summed E-state index contributed by atoms with van der Waals surface area (Å²) in [6.07, 6.45) is 0.273. The Labute approximate surface area is 115 Å². The lowest BCUT2D eigenvalue weighted by Gasteiger charge is -2.16. The molecule has 0 radical (unpaired) electrons. The van der Waals surface area contributed by atoms with Crippen LogP contribution in [-0.2, 0) is 9.53 Å². The Morgan fingerprint density at radius 2 is 2.35 bits per heavy atom. The van der Waals surface area contributed by atoms with Crippen LogP contribution >= 0.6 is 0 Å². The minimum atomic E-state index is -0.546. The number of ether oxygens (including phenoxy) is 1. The van der Waals surface area contributed by atoms with E-state index in [0.29, 0.717) is 6.61 Å². The Morgan fingerprint density at radius 3 is 2.95 bits per heavy atom. The average Bonchev–Trinajstić information content (AvgIpc) is 2.86. The van der Waals surface area contributed by atoms with Crippen LogP contribution in [0.3, 0.4) is 0 Å². The number of anilines is 1. The number of rotatable bonds is 3. The second-order valence-corrected chi connectivity index (χ2v) is 4.72. The SMILES string of the molecule is CC1CCOC1C(=O)Nc1ccc(F)cc1/C(N)=N/O. The summed E-state index contributed by atoms with van der Waals surface area (Å²) in [6.45, 7) is 2.46. The van der Waals surface area contributed by atoms with Gasteiger partial charge in [0.05, 0.1) is 5.69 Å². The molecule has 2 unspecified atom stereocenters. The van der Waals surface area contributed by atoms with Gasteiger partial charge in [-0.3, -0.25) is 4.79 Å². The van der Waals surface area contributed by atoms with Crippen molar-refractivity contribution < 1.29 is 19.1 Å². The molecule has 1 aromatic carbocycles. The summed E-state index contributed by atoms with van der Waals surface area (Å²) >= 11 is 0. The quantitative estimate of drug-likeness (QED) is 0.336. The van der Waals surface area contributed by atoms with Gasteiger partial charge in [0.1, 0.15) is 11.9 Å². The molecule has 0 saturated carbocycles. The molecule has 1 aliphatic rings. The van der Waals surface area contributed by atoms with Crippen LogP contribution in [0.4, 0.5) is 10.1 Å². The molecule has 20 heavy (non-hydrogen) atoms. The third kappa shape index (κ3) is 2.88. The van der Waals surface area contributed by atoms with Crippen molar-refractivity contribution in [1.29, 1.82) is 0 Å². The highest BCUT2D eigenvalue weighted by Crippen LogP contribution is 2.23. The summed E-state index contributed by atoms with van der Waals surface area (Å²) < 4.78 is 18.6. The van der Waals surface area contributed by atoms with Gasteiger partial charge in [0, 0.05) is 12.2 Å². The third-order valence-electron chi connectivity index (χ3n) is 3.27. The number of benzene rings is 1. The minimum Gasteiger partial charge on any atom is -0.409 e. The molecule has 1 aromatic rings. The first-order valence-corrected chi connectivity index (χ1v) is 6.23. The van der Waals surface area contributed by atoms with E-state index >= 15 is 0 Å². The maximum atomic E-state index is 13.2. The molecular weight excluding hydrogens is 265 g/mol. The zero-order valence-electron chi connectivity index (χ0n) is 11.0. The predicted octanol–water partition coefficient (Wildman–Crippen LogP) is 1.28. The highest BCUT2D eigenvalue weighted by Gasteiger charge is 2.31. The number of amides is 1. The second-order valence-electron chi connectivity index (χ2n) is 4.72. The van der Waals surface area contributed by atoms with Crippen LogP contribution in [0.25, 0.3) is 0 Å². The molecule has 108 valence electrons. The number of hydrogen-bond donors (Lipinski definition) is 3. The Bertz CT molecular complexity index is 548. The fraction of sp³-hybridized carbons (Fsp3) is 0.385. The molecule has 2 atom stereocenters. The maximum absolute atomic E-state index is 13.2. The van der Waals surface area contributed by atoms with Crippen LogP contribution in [0.5, 0.6) is 0 Å². The van der Waals surface area contributed by atoms with Crippen LogP contribution in [0.15, 0.2) is 23.4 Å². The number of nitrogens with two attached hydrogens (primary N) is 1.